The molecule has 0 unspecified atom stereocenters. The summed E-state index contributed by atoms with van der Waals surface area (Å²) in [5.74, 6) is 1.00. The van der Waals surface area contributed by atoms with Gasteiger partial charge in [-0.1, -0.05) is 0 Å². The smallest absolute Gasteiger partial charge is 0.341 e. The maximum Gasteiger partial charge on any atom is 0.341 e. The van der Waals surface area contributed by atoms with Crippen molar-refractivity contribution in [3.05, 3.63) is 45.4 Å². The zero-order valence-electron chi connectivity index (χ0n) is 14.8. The quantitative estimate of drug-likeness (QED) is 0.686. The Morgan fingerprint density at radius 3 is 2.16 bits per heavy atom. The summed E-state index contributed by atoms with van der Waals surface area (Å²) in [5.41, 5.74) is 4.99. The van der Waals surface area contributed by atoms with Gasteiger partial charge in [0.05, 0.1) is 24.8 Å². The molecule has 5 heteroatoms. The van der Waals surface area contributed by atoms with Crippen molar-refractivity contribution in [3.63, 3.8) is 0 Å². The van der Waals surface area contributed by atoms with E-state index in [1.807, 2.05) is 26.0 Å². The Morgan fingerprint density at radius 2 is 1.60 bits per heavy atom. The maximum atomic E-state index is 12.2. The Labute approximate surface area is 156 Å². The molecule has 0 saturated heterocycles. The number of aryl methyl sites for hydroxylation is 2. The lowest BCUT2D eigenvalue weighted by Crippen LogP contribution is -2.13. The van der Waals surface area contributed by atoms with E-state index in [1.165, 1.54) is 18.2 Å². The second kappa shape index (κ2) is 7.08. The van der Waals surface area contributed by atoms with E-state index >= 15 is 0 Å². The third-order valence-corrected chi connectivity index (χ3v) is 4.92. The molecule has 2 aromatic rings. The molecular weight excluding hydrogens is 384 g/mol. The molecule has 0 atom stereocenters. The van der Waals surface area contributed by atoms with Gasteiger partial charge in [-0.05, 0) is 89.1 Å². The van der Waals surface area contributed by atoms with Crippen molar-refractivity contribution in [1.29, 1.82) is 0 Å². The molecule has 0 amide bonds. The summed E-state index contributed by atoms with van der Waals surface area (Å²) in [6, 6.07) is 7.97. The van der Waals surface area contributed by atoms with Crippen molar-refractivity contribution in [2.45, 2.75) is 32.8 Å². The first-order valence-electron chi connectivity index (χ1n) is 8.23. The normalized spacial score (nSPS) is 12.4. The van der Waals surface area contributed by atoms with Crippen molar-refractivity contribution in [1.82, 2.24) is 0 Å². The summed E-state index contributed by atoms with van der Waals surface area (Å²) >= 11 is 3.55. The van der Waals surface area contributed by atoms with Crippen LogP contribution in [-0.4, -0.2) is 26.3 Å². The van der Waals surface area contributed by atoms with Gasteiger partial charge < -0.3 is 14.2 Å². The highest BCUT2D eigenvalue weighted by molar-refractivity contribution is 9.10. The lowest BCUT2D eigenvalue weighted by molar-refractivity contribution is 0.0594. The predicted octanol–water partition coefficient (Wildman–Crippen LogP) is 4.80. The fraction of sp³-hybridized carbons (Fsp3) is 0.350. The summed E-state index contributed by atoms with van der Waals surface area (Å²) in [6.07, 6.45) is 1.80. The van der Waals surface area contributed by atoms with Gasteiger partial charge in [-0.3, -0.25) is 0 Å². The van der Waals surface area contributed by atoms with Crippen LogP contribution in [-0.2, 0) is 17.6 Å². The number of methoxy groups -OCH3 is 2. The number of halogens is 1. The van der Waals surface area contributed by atoms with E-state index < -0.39 is 5.97 Å². The van der Waals surface area contributed by atoms with Crippen LogP contribution in [0.5, 0.6) is 11.5 Å². The number of benzene rings is 2. The van der Waals surface area contributed by atoms with Gasteiger partial charge in [0, 0.05) is 0 Å². The Morgan fingerprint density at radius 1 is 1.00 bits per heavy atom. The molecule has 25 heavy (non-hydrogen) atoms. The number of hydrogen-bond donors (Lipinski definition) is 0. The van der Waals surface area contributed by atoms with Gasteiger partial charge in [0.15, 0.2) is 0 Å². The number of ether oxygens (including phenoxy) is 3. The molecule has 3 rings (SSSR count). The lowest BCUT2D eigenvalue weighted by Gasteiger charge is -2.24. The monoisotopic (exact) mass is 404 g/mol. The van der Waals surface area contributed by atoms with Crippen LogP contribution < -0.4 is 9.47 Å². The van der Waals surface area contributed by atoms with Crippen LogP contribution in [0.25, 0.3) is 11.1 Å². The van der Waals surface area contributed by atoms with Gasteiger partial charge in [0.1, 0.15) is 17.1 Å². The molecule has 0 radical (unpaired) electrons. The molecule has 0 fully saturated rings. The van der Waals surface area contributed by atoms with E-state index in [4.69, 9.17) is 14.2 Å². The van der Waals surface area contributed by atoms with E-state index in [1.54, 1.807) is 7.11 Å². The SMILES string of the molecule is COC(=O)c1cc2c(cc1OC(C)C)CCc1cc(OC)c(Br)cc1-2. The van der Waals surface area contributed by atoms with Crippen LogP contribution in [0.3, 0.4) is 0 Å². The first-order chi connectivity index (χ1) is 11.9. The molecule has 1 aliphatic carbocycles. The van der Waals surface area contributed by atoms with E-state index in [-0.39, 0.29) is 6.10 Å². The fourth-order valence-corrected chi connectivity index (χ4v) is 3.68. The molecule has 0 saturated carbocycles. The average Bonchev–Trinajstić information content (AvgIpc) is 2.59. The minimum absolute atomic E-state index is 0.0178. The van der Waals surface area contributed by atoms with Crippen LogP contribution >= 0.6 is 15.9 Å². The Hall–Kier alpha value is -2.01. The first kappa shape index (κ1) is 17.8. The third kappa shape index (κ3) is 3.38. The molecule has 0 heterocycles. The standard InChI is InChI=1S/C20H21BrO4/c1-11(2)25-18-7-12-5-6-13-8-19(23-3)17(21)10-15(13)14(12)9-16(18)20(22)24-4/h7-11H,5-6H2,1-4H3. The zero-order chi connectivity index (χ0) is 18.1. The molecular formula is C20H21BrO4. The molecule has 0 bridgehead atoms. The minimum atomic E-state index is -0.391. The molecule has 4 nitrogen and oxygen atoms in total. The average molecular weight is 405 g/mol. The topological polar surface area (TPSA) is 44.8 Å². The summed E-state index contributed by atoms with van der Waals surface area (Å²) in [7, 11) is 3.05. The van der Waals surface area contributed by atoms with Gasteiger partial charge in [-0.15, -0.1) is 0 Å². The summed E-state index contributed by atoms with van der Waals surface area (Å²) in [6.45, 7) is 3.89. The maximum absolute atomic E-state index is 12.2. The van der Waals surface area contributed by atoms with Crippen LogP contribution in [0.4, 0.5) is 0 Å². The fourth-order valence-electron chi connectivity index (χ4n) is 3.18. The molecule has 0 aromatic heterocycles. The highest BCUT2D eigenvalue weighted by Crippen LogP contribution is 2.41. The molecule has 0 N–H and O–H groups in total. The number of rotatable bonds is 4. The highest BCUT2D eigenvalue weighted by Gasteiger charge is 2.24. The summed E-state index contributed by atoms with van der Waals surface area (Å²) in [5, 5.41) is 0. The molecule has 1 aliphatic rings. The largest absolute Gasteiger partial charge is 0.496 e. The molecule has 132 valence electrons. The molecule has 0 spiro atoms. The van der Waals surface area contributed by atoms with Gasteiger partial charge in [0.2, 0.25) is 0 Å². The van der Waals surface area contributed by atoms with Crippen LogP contribution in [0, 0.1) is 0 Å². The van der Waals surface area contributed by atoms with Gasteiger partial charge in [-0.2, -0.15) is 0 Å². The number of carbonyl (C=O) groups is 1. The van der Waals surface area contributed by atoms with E-state index in [9.17, 15) is 4.79 Å². The Kier molecular flexibility index (Phi) is 5.04. The van der Waals surface area contributed by atoms with Gasteiger partial charge in [0.25, 0.3) is 0 Å². The van der Waals surface area contributed by atoms with Crippen LogP contribution in [0.2, 0.25) is 0 Å². The summed E-state index contributed by atoms with van der Waals surface area (Å²) < 4.78 is 17.1. The number of carbonyl (C=O) groups excluding carboxylic acids is 1. The van der Waals surface area contributed by atoms with E-state index in [2.05, 4.69) is 28.1 Å². The predicted molar refractivity (Wildman–Crippen MR) is 101 cm³/mol. The third-order valence-electron chi connectivity index (χ3n) is 4.30. The van der Waals surface area contributed by atoms with Gasteiger partial charge in [-0.25, -0.2) is 4.79 Å². The van der Waals surface area contributed by atoms with Crippen LogP contribution in [0.15, 0.2) is 28.7 Å². The number of hydrogen-bond acceptors (Lipinski definition) is 4. The lowest BCUT2D eigenvalue weighted by atomic mass is 9.84. The Balaban J connectivity index is 2.18. The Bertz CT molecular complexity index is 827. The van der Waals surface area contributed by atoms with Crippen molar-refractivity contribution in [3.8, 4) is 22.6 Å². The molecule has 0 aliphatic heterocycles. The van der Waals surface area contributed by atoms with Crippen molar-refractivity contribution in [2.24, 2.45) is 0 Å². The zero-order valence-corrected chi connectivity index (χ0v) is 16.4. The summed E-state index contributed by atoms with van der Waals surface area (Å²) in [4.78, 5) is 12.2. The second-order valence-electron chi connectivity index (χ2n) is 6.31. The van der Waals surface area contributed by atoms with Crippen LogP contribution in [0.1, 0.15) is 35.3 Å². The van der Waals surface area contributed by atoms with E-state index in [0.717, 1.165) is 34.2 Å². The first-order valence-corrected chi connectivity index (χ1v) is 9.02. The van der Waals surface area contributed by atoms with E-state index in [0.29, 0.717) is 11.3 Å². The van der Waals surface area contributed by atoms with Crippen molar-refractivity contribution >= 4 is 21.9 Å². The van der Waals surface area contributed by atoms with Crippen molar-refractivity contribution < 1.29 is 19.0 Å². The molecule has 2 aromatic carbocycles. The number of fused-ring (bicyclic) bond motifs is 3. The van der Waals surface area contributed by atoms with Gasteiger partial charge >= 0.3 is 5.97 Å². The minimum Gasteiger partial charge on any atom is -0.496 e. The second-order valence-corrected chi connectivity index (χ2v) is 7.16. The van der Waals surface area contributed by atoms with Crippen molar-refractivity contribution in [2.75, 3.05) is 14.2 Å². The highest BCUT2D eigenvalue weighted by atomic mass is 79.9. The number of esters is 1.